The van der Waals surface area contributed by atoms with Crippen molar-refractivity contribution in [1.29, 1.82) is 0 Å². The molecule has 7 nitrogen and oxygen atoms in total. The normalized spacial score (nSPS) is 22.4. The first-order chi connectivity index (χ1) is 15.8. The number of amidine groups is 1. The number of alkyl halides is 1. The summed E-state index contributed by atoms with van der Waals surface area (Å²) in [5.74, 6) is -0.508. The van der Waals surface area contributed by atoms with Gasteiger partial charge in [-0.2, -0.15) is 0 Å². The largest absolute Gasteiger partial charge is 0.477 e. The van der Waals surface area contributed by atoms with Gasteiger partial charge in [0.15, 0.2) is 32.5 Å². The number of carbonyl (C=O) groups is 1. The van der Waals surface area contributed by atoms with Crippen LogP contribution in [0.4, 0.5) is 18.9 Å². The lowest BCUT2D eigenvalue weighted by molar-refractivity contribution is 0.102. The number of nitrogens with one attached hydrogen (secondary N) is 1. The van der Waals surface area contributed by atoms with Crippen LogP contribution in [0.25, 0.3) is 0 Å². The summed E-state index contributed by atoms with van der Waals surface area (Å²) in [4.78, 5) is 24.9. The Hall–Kier alpha value is -3.13. The van der Waals surface area contributed by atoms with E-state index < -0.39 is 39.9 Å². The third-order valence-corrected chi connectivity index (χ3v) is 6.19. The number of halogens is 3. The second kappa shape index (κ2) is 9.25. The predicted octanol–water partition coefficient (Wildman–Crippen LogP) is 1.33. The van der Waals surface area contributed by atoms with Crippen molar-refractivity contribution in [3.63, 3.8) is 0 Å². The number of hydrogen-bond donors (Lipinski definition) is 2. The zero-order chi connectivity index (χ0) is 25.3. The van der Waals surface area contributed by atoms with Crippen LogP contribution in [0.3, 0.4) is 0 Å². The van der Waals surface area contributed by atoms with E-state index in [1.54, 1.807) is 29.5 Å². The lowest BCUT2D eigenvalue weighted by Gasteiger charge is -2.39. The molecule has 34 heavy (non-hydrogen) atoms. The molecule has 0 saturated carbocycles. The smallest absolute Gasteiger partial charge is 0.275 e. The summed E-state index contributed by atoms with van der Waals surface area (Å²) in [5, 5.41) is 1.61. The van der Waals surface area contributed by atoms with Crippen LogP contribution in [0.2, 0.25) is 0 Å². The topological polar surface area (TPSA) is 102 Å². The van der Waals surface area contributed by atoms with Crippen LogP contribution < -0.4 is 15.8 Å². The number of amides is 1. The van der Waals surface area contributed by atoms with Gasteiger partial charge in [-0.15, -0.1) is 6.42 Å². The molecule has 1 aromatic carbocycles. The van der Waals surface area contributed by atoms with Crippen molar-refractivity contribution < 1.29 is 22.7 Å². The van der Waals surface area contributed by atoms with Gasteiger partial charge in [0.25, 0.3) is 5.91 Å². The number of nitrogens with zero attached hydrogens (tertiary/aromatic N) is 3. The van der Waals surface area contributed by atoms with Gasteiger partial charge in [-0.1, -0.05) is 17.7 Å². The Labute approximate surface area is 201 Å². The van der Waals surface area contributed by atoms with Crippen LogP contribution in [0.5, 0.6) is 5.88 Å². The first kappa shape index (κ1) is 25.5. The second-order valence-corrected chi connectivity index (χ2v) is 10.5. The molecule has 0 spiro atoms. The van der Waals surface area contributed by atoms with Crippen LogP contribution >= 0.6 is 11.8 Å². The molecule has 0 radical (unpaired) electrons. The van der Waals surface area contributed by atoms with E-state index in [0.29, 0.717) is 0 Å². The molecule has 0 unspecified atom stereocenters. The number of terminal acetylenes is 1. The van der Waals surface area contributed by atoms with Gasteiger partial charge >= 0.3 is 0 Å². The van der Waals surface area contributed by atoms with E-state index in [2.05, 4.69) is 26.2 Å². The molecule has 13 heteroatoms. The number of rotatable bonds is 6. The third-order valence-electron chi connectivity index (χ3n) is 5.14. The minimum atomic E-state index is -1.34. The highest BCUT2D eigenvalue weighted by molar-refractivity contribution is 8.15. The average molecular weight is 487 g/mol. The van der Waals surface area contributed by atoms with E-state index in [9.17, 15) is 18.0 Å². The van der Waals surface area contributed by atoms with Crippen LogP contribution in [-0.2, 0) is 5.54 Å². The molecule has 0 fully saturated rings. The molecular weight excluding hydrogens is 465 g/mol. The fourth-order valence-electron chi connectivity index (χ4n) is 3.58. The molecule has 0 bridgehead atoms. The van der Waals surface area contributed by atoms with Gasteiger partial charge in [-0.3, -0.25) is 9.79 Å². The molecule has 1 aliphatic heterocycles. The molecule has 2 aromatic rings. The lowest BCUT2D eigenvalue weighted by atomic mass is 9.66. The van der Waals surface area contributed by atoms with Gasteiger partial charge in [-0.25, -0.2) is 23.1 Å². The highest BCUT2D eigenvalue weighted by Crippen LogP contribution is 2.46. The maximum atomic E-state index is 14.8. The molecule has 2 atom stereocenters. The van der Waals surface area contributed by atoms with Crippen molar-refractivity contribution in [2.75, 3.05) is 12.0 Å². The summed E-state index contributed by atoms with van der Waals surface area (Å²) in [6.07, 6.45) is 7.82. The number of carbonyl (C=O) groups excluding carboxylic acids is 1. The number of aliphatic imine (C=N–C) groups is 1. The van der Waals surface area contributed by atoms with Gasteiger partial charge in [0.05, 0.1) is 28.1 Å². The summed E-state index contributed by atoms with van der Waals surface area (Å²) in [5.41, 5.74) is 4.24. The van der Waals surface area contributed by atoms with Crippen molar-refractivity contribution in [2.24, 2.45) is 10.7 Å². The Bertz CT molecular complexity index is 1190. The molecule has 0 aliphatic carbocycles. The molecule has 0 saturated heterocycles. The summed E-state index contributed by atoms with van der Waals surface area (Å²) in [7, 11) is 3.32. The van der Waals surface area contributed by atoms with E-state index in [1.807, 2.05) is 0 Å². The van der Waals surface area contributed by atoms with Crippen molar-refractivity contribution in [2.45, 2.75) is 36.0 Å². The van der Waals surface area contributed by atoms with Crippen LogP contribution in [0.1, 0.15) is 36.3 Å². The zero-order valence-electron chi connectivity index (χ0n) is 19.1. The zero-order valence-corrected chi connectivity index (χ0v) is 19.9. The van der Waals surface area contributed by atoms with Gasteiger partial charge in [0.2, 0.25) is 5.88 Å². The van der Waals surface area contributed by atoms with Gasteiger partial charge in [0, 0.05) is 17.3 Å². The standard InChI is InChI=1S/C21H22B2F3N5O2S/c1-4-21(22,23)33-15-8-28-14(7-29-15)17(32)30-11-5-12(16(26)13(25)6-11)20(3)9-19(2,10-24)34-18(27)31-20/h1,5-8H,9-10,22-23H2,2-3H3,(H2,27,31)(H,30,32)/t19-,20+/m1/s1. The highest BCUT2D eigenvalue weighted by atomic mass is 32.2. The Balaban J connectivity index is 1.88. The van der Waals surface area contributed by atoms with E-state index in [4.69, 9.17) is 16.9 Å². The quantitative estimate of drug-likeness (QED) is 0.471. The Morgan fingerprint density at radius 1 is 1.35 bits per heavy atom. The summed E-state index contributed by atoms with van der Waals surface area (Å²) in [6, 6.07) is 2.08. The van der Waals surface area contributed by atoms with Crippen LogP contribution in [0, 0.1) is 24.0 Å². The predicted molar refractivity (Wildman–Crippen MR) is 131 cm³/mol. The van der Waals surface area contributed by atoms with Gasteiger partial charge in [0.1, 0.15) is 12.4 Å². The molecule has 2 heterocycles. The summed E-state index contributed by atoms with van der Waals surface area (Å²) >= 11 is 1.04. The fourth-order valence-corrected chi connectivity index (χ4v) is 4.74. The molecular formula is C21H22B2F3N5O2S. The number of aromatic nitrogens is 2. The molecule has 1 aliphatic rings. The minimum absolute atomic E-state index is 0.0373. The highest BCUT2D eigenvalue weighted by Gasteiger charge is 2.44. The molecule has 1 amide bonds. The number of nitrogens with two attached hydrogens (primary N) is 1. The lowest BCUT2D eigenvalue weighted by Crippen LogP contribution is -2.42. The number of thioether (sulfide) groups is 1. The van der Waals surface area contributed by atoms with Crippen LogP contribution in [-0.4, -0.2) is 53.6 Å². The number of hydrogen-bond acceptors (Lipinski definition) is 7. The third kappa shape index (κ3) is 5.50. The molecule has 1 aromatic heterocycles. The van der Waals surface area contributed by atoms with E-state index in [1.165, 1.54) is 12.3 Å². The summed E-state index contributed by atoms with van der Waals surface area (Å²) < 4.78 is 47.5. The molecule has 3 rings (SSSR count). The SMILES string of the molecule is BC(B)(C#C)Oc1cnc(C(=O)Nc2cc(F)c(F)c([C@]3(C)C[C@](C)(CF)SC(N)=N3)c2)cn1. The molecule has 3 N–H and O–H groups in total. The Morgan fingerprint density at radius 2 is 2.06 bits per heavy atom. The van der Waals surface area contributed by atoms with Crippen LogP contribution in [0.15, 0.2) is 29.5 Å². The van der Waals surface area contributed by atoms with Crippen molar-refractivity contribution in [3.05, 3.63) is 47.4 Å². The Morgan fingerprint density at radius 3 is 2.65 bits per heavy atom. The maximum Gasteiger partial charge on any atom is 0.275 e. The minimum Gasteiger partial charge on any atom is -0.477 e. The number of benzene rings is 1. The first-order valence-corrected chi connectivity index (χ1v) is 11.0. The number of anilines is 1. The number of ether oxygens (including phenoxy) is 1. The monoisotopic (exact) mass is 487 g/mol. The van der Waals surface area contributed by atoms with Gasteiger partial charge in [-0.05, 0) is 26.3 Å². The van der Waals surface area contributed by atoms with Crippen molar-refractivity contribution in [1.82, 2.24) is 9.97 Å². The second-order valence-electron chi connectivity index (χ2n) is 8.86. The van der Waals surface area contributed by atoms with E-state index >= 15 is 0 Å². The summed E-state index contributed by atoms with van der Waals surface area (Å²) in [6.45, 7) is 2.44. The van der Waals surface area contributed by atoms with E-state index in [-0.39, 0.29) is 34.4 Å². The van der Waals surface area contributed by atoms with Crippen molar-refractivity contribution >= 4 is 44.2 Å². The first-order valence-electron chi connectivity index (χ1n) is 10.2. The van der Waals surface area contributed by atoms with Crippen molar-refractivity contribution in [3.8, 4) is 18.2 Å². The fraction of sp³-hybridized carbons (Fsp3) is 0.333. The average Bonchev–Trinajstić information content (AvgIpc) is 2.75. The molecule has 176 valence electrons. The van der Waals surface area contributed by atoms with E-state index in [0.717, 1.165) is 24.0 Å². The van der Waals surface area contributed by atoms with Gasteiger partial charge < -0.3 is 15.8 Å². The maximum absolute atomic E-state index is 14.8. The Kier molecular flexibility index (Phi) is 6.94.